The van der Waals surface area contributed by atoms with Crippen LogP contribution in [0.4, 0.5) is 4.79 Å². The molecule has 1 aliphatic heterocycles. The highest BCUT2D eigenvalue weighted by Gasteiger charge is 2.32. The van der Waals surface area contributed by atoms with Crippen LogP contribution in [0.5, 0.6) is 0 Å². The zero-order valence-corrected chi connectivity index (χ0v) is 11.9. The molecule has 0 spiro atoms. The van der Waals surface area contributed by atoms with E-state index in [-0.39, 0.29) is 6.04 Å². The van der Waals surface area contributed by atoms with Crippen LogP contribution in [0.1, 0.15) is 33.6 Å². The molecule has 6 heteroatoms. The van der Waals surface area contributed by atoms with Crippen molar-refractivity contribution in [3.05, 3.63) is 12.8 Å². The second-order valence-electron chi connectivity index (χ2n) is 5.36. The summed E-state index contributed by atoms with van der Waals surface area (Å²) in [6, 6.07) is -0.0387. The van der Waals surface area contributed by atoms with Crippen molar-refractivity contribution < 1.29 is 14.3 Å². The Balaban J connectivity index is 2.87. The number of amides is 1. The second kappa shape index (κ2) is 6.56. The van der Waals surface area contributed by atoms with Crippen LogP contribution in [0.25, 0.3) is 0 Å². The fourth-order valence-electron chi connectivity index (χ4n) is 1.87. The largest absolute Gasteiger partial charge is 0.442 e. The van der Waals surface area contributed by atoms with Crippen molar-refractivity contribution in [2.24, 2.45) is 0 Å². The summed E-state index contributed by atoms with van der Waals surface area (Å²) in [6.45, 7) is 10.3. The quantitative estimate of drug-likeness (QED) is 0.483. The smallest absolute Gasteiger partial charge is 0.429 e. The summed E-state index contributed by atoms with van der Waals surface area (Å²) >= 11 is 0. The van der Waals surface area contributed by atoms with Gasteiger partial charge in [-0.2, -0.15) is 0 Å². The van der Waals surface area contributed by atoms with Gasteiger partial charge in [-0.3, -0.25) is 5.41 Å². The Kier molecular flexibility index (Phi) is 5.35. The van der Waals surface area contributed by atoms with E-state index in [1.54, 1.807) is 0 Å². The average molecular weight is 269 g/mol. The third-order valence-corrected chi connectivity index (χ3v) is 2.69. The molecular weight excluding hydrogens is 246 g/mol. The van der Waals surface area contributed by atoms with E-state index in [4.69, 9.17) is 14.9 Å². The van der Waals surface area contributed by atoms with Gasteiger partial charge in [0.1, 0.15) is 11.9 Å². The highest BCUT2D eigenvalue weighted by molar-refractivity contribution is 5.71. The molecule has 0 unspecified atom stereocenters. The summed E-state index contributed by atoms with van der Waals surface area (Å²) in [5.41, 5.74) is -0.574. The van der Waals surface area contributed by atoms with Crippen LogP contribution in [-0.4, -0.2) is 47.3 Å². The molecule has 0 bridgehead atoms. The molecule has 0 aromatic rings. The maximum Gasteiger partial charge on any atom is 0.429 e. The first kappa shape index (κ1) is 15.5. The summed E-state index contributed by atoms with van der Waals surface area (Å²) in [5.74, 6) is 0. The molecule has 0 atom stereocenters. The first-order valence-corrected chi connectivity index (χ1v) is 6.40. The molecule has 0 saturated carbocycles. The second-order valence-corrected chi connectivity index (χ2v) is 5.36. The minimum absolute atomic E-state index is 0.0387. The molecule has 108 valence electrons. The van der Waals surface area contributed by atoms with Crippen molar-refractivity contribution in [2.45, 2.75) is 45.3 Å². The Bertz CT molecular complexity index is 325. The lowest BCUT2D eigenvalue weighted by molar-refractivity contribution is -0.0476. The van der Waals surface area contributed by atoms with Gasteiger partial charge in [0.05, 0.1) is 6.04 Å². The van der Waals surface area contributed by atoms with Gasteiger partial charge in [-0.25, -0.2) is 14.8 Å². The van der Waals surface area contributed by atoms with E-state index in [0.29, 0.717) is 13.2 Å². The van der Waals surface area contributed by atoms with Crippen molar-refractivity contribution >= 4 is 12.4 Å². The van der Waals surface area contributed by atoms with Gasteiger partial charge in [-0.1, -0.05) is 6.58 Å². The summed E-state index contributed by atoms with van der Waals surface area (Å²) < 4.78 is 10.7. The molecule has 1 rings (SSSR count). The number of hydrazine groups is 1. The molecule has 1 heterocycles. The van der Waals surface area contributed by atoms with Crippen molar-refractivity contribution in [1.29, 1.82) is 5.41 Å². The SMILES string of the molecule is C=CN(C=N)N(C(=O)OC(C)(C)C)C1CCOCC1. The van der Waals surface area contributed by atoms with E-state index in [9.17, 15) is 4.79 Å². The van der Waals surface area contributed by atoms with Crippen molar-refractivity contribution in [3.8, 4) is 0 Å². The molecule has 0 aromatic carbocycles. The minimum atomic E-state index is -0.574. The standard InChI is InChI=1S/C13H23N3O3/c1-5-15(10-14)16(11-6-8-18-9-7-11)12(17)19-13(2,3)4/h5,10-11,14H,1,6-9H2,2-4H3. The Morgan fingerprint density at radius 3 is 2.42 bits per heavy atom. The Morgan fingerprint density at radius 2 is 2.00 bits per heavy atom. The van der Waals surface area contributed by atoms with Gasteiger partial charge in [-0.15, -0.1) is 0 Å². The average Bonchev–Trinajstić information content (AvgIpc) is 2.34. The predicted molar refractivity (Wildman–Crippen MR) is 72.7 cm³/mol. The normalized spacial score (nSPS) is 16.6. The minimum Gasteiger partial charge on any atom is -0.442 e. The van der Waals surface area contributed by atoms with Gasteiger partial charge in [0, 0.05) is 19.4 Å². The number of hydrogen-bond acceptors (Lipinski definition) is 4. The number of hydrogen-bond donors (Lipinski definition) is 1. The maximum absolute atomic E-state index is 12.3. The van der Waals surface area contributed by atoms with E-state index in [1.165, 1.54) is 16.2 Å². The van der Waals surface area contributed by atoms with Gasteiger partial charge >= 0.3 is 6.09 Å². The lowest BCUT2D eigenvalue weighted by atomic mass is 10.1. The van der Waals surface area contributed by atoms with Crippen molar-refractivity contribution in [1.82, 2.24) is 10.0 Å². The van der Waals surface area contributed by atoms with Gasteiger partial charge in [-0.05, 0) is 33.6 Å². The Morgan fingerprint density at radius 1 is 1.42 bits per heavy atom. The van der Waals surface area contributed by atoms with Gasteiger partial charge in [0.25, 0.3) is 0 Å². The topological polar surface area (TPSA) is 65.9 Å². The van der Waals surface area contributed by atoms with Crippen LogP contribution in [0, 0.1) is 5.41 Å². The Labute approximate surface area is 114 Å². The number of carbonyl (C=O) groups excluding carboxylic acids is 1. The molecule has 0 aliphatic carbocycles. The molecule has 1 saturated heterocycles. The summed E-state index contributed by atoms with van der Waals surface area (Å²) in [4.78, 5) is 12.3. The third-order valence-electron chi connectivity index (χ3n) is 2.69. The van der Waals surface area contributed by atoms with Crippen LogP contribution in [0.3, 0.4) is 0 Å². The van der Waals surface area contributed by atoms with Crippen LogP contribution < -0.4 is 0 Å². The molecule has 1 fully saturated rings. The fourth-order valence-corrected chi connectivity index (χ4v) is 1.87. The first-order valence-electron chi connectivity index (χ1n) is 6.40. The monoisotopic (exact) mass is 269 g/mol. The van der Waals surface area contributed by atoms with Crippen LogP contribution in [0.2, 0.25) is 0 Å². The third kappa shape index (κ3) is 4.55. The number of nitrogens with zero attached hydrogens (tertiary/aromatic N) is 2. The Hall–Kier alpha value is -1.56. The molecule has 0 aromatic heterocycles. The van der Waals surface area contributed by atoms with Crippen LogP contribution >= 0.6 is 0 Å². The fraction of sp³-hybridized carbons (Fsp3) is 0.692. The summed E-state index contributed by atoms with van der Waals surface area (Å²) in [6.07, 6.45) is 3.44. The lowest BCUT2D eigenvalue weighted by Gasteiger charge is -2.39. The van der Waals surface area contributed by atoms with E-state index in [2.05, 4.69) is 6.58 Å². The predicted octanol–water partition coefficient (Wildman–Crippen LogP) is 2.37. The molecule has 0 radical (unpaired) electrons. The number of nitrogens with one attached hydrogen (secondary N) is 1. The first-order chi connectivity index (χ1) is 8.89. The van der Waals surface area contributed by atoms with Crippen LogP contribution in [-0.2, 0) is 9.47 Å². The van der Waals surface area contributed by atoms with Crippen molar-refractivity contribution in [2.75, 3.05) is 13.2 Å². The zero-order chi connectivity index (χ0) is 14.5. The van der Waals surface area contributed by atoms with E-state index < -0.39 is 11.7 Å². The van der Waals surface area contributed by atoms with Gasteiger partial charge in [0.15, 0.2) is 0 Å². The number of carbonyl (C=O) groups is 1. The highest BCUT2D eigenvalue weighted by Crippen LogP contribution is 2.20. The highest BCUT2D eigenvalue weighted by atomic mass is 16.6. The zero-order valence-electron chi connectivity index (χ0n) is 11.9. The van der Waals surface area contributed by atoms with Gasteiger partial charge < -0.3 is 9.47 Å². The lowest BCUT2D eigenvalue weighted by Crippen LogP contribution is -2.52. The number of ether oxygens (including phenoxy) is 2. The van der Waals surface area contributed by atoms with E-state index >= 15 is 0 Å². The van der Waals surface area contributed by atoms with Crippen LogP contribution in [0.15, 0.2) is 12.8 Å². The molecule has 6 nitrogen and oxygen atoms in total. The van der Waals surface area contributed by atoms with E-state index in [0.717, 1.165) is 19.2 Å². The molecular formula is C13H23N3O3. The van der Waals surface area contributed by atoms with Crippen molar-refractivity contribution in [3.63, 3.8) is 0 Å². The summed E-state index contributed by atoms with van der Waals surface area (Å²) in [5, 5.41) is 10.2. The molecule has 19 heavy (non-hydrogen) atoms. The number of rotatable bonds is 4. The summed E-state index contributed by atoms with van der Waals surface area (Å²) in [7, 11) is 0. The van der Waals surface area contributed by atoms with Gasteiger partial charge in [0.2, 0.25) is 0 Å². The molecule has 1 N–H and O–H groups in total. The molecule has 1 aliphatic rings. The molecule has 1 amide bonds. The maximum atomic E-state index is 12.3. The van der Waals surface area contributed by atoms with E-state index in [1.807, 2.05) is 20.8 Å².